The number of aliphatic hydroxyl groups excluding tert-OH is 1. The van der Waals surface area contributed by atoms with E-state index in [2.05, 4.69) is 27.7 Å². The summed E-state index contributed by atoms with van der Waals surface area (Å²) < 4.78 is 6.24. The molecule has 1 heterocycles. The van der Waals surface area contributed by atoms with Gasteiger partial charge in [0, 0.05) is 0 Å². The Hall–Kier alpha value is -0.0800. The first-order chi connectivity index (χ1) is 6.85. The van der Waals surface area contributed by atoms with Crippen LogP contribution in [0.15, 0.2) is 0 Å². The molecule has 1 N–H and O–H groups in total. The average Bonchev–Trinajstić information content (AvgIpc) is 2.66. The molecule has 2 rings (SSSR count). The Morgan fingerprint density at radius 3 is 2.00 bits per heavy atom. The van der Waals surface area contributed by atoms with E-state index < -0.39 is 0 Å². The summed E-state index contributed by atoms with van der Waals surface area (Å²) in [7, 11) is 0. The van der Waals surface area contributed by atoms with Gasteiger partial charge in [-0.3, -0.25) is 0 Å². The van der Waals surface area contributed by atoms with E-state index in [0.717, 1.165) is 12.8 Å². The van der Waals surface area contributed by atoms with Gasteiger partial charge in [-0.1, -0.05) is 27.7 Å². The van der Waals surface area contributed by atoms with E-state index in [9.17, 15) is 5.11 Å². The first kappa shape index (κ1) is 11.4. The molecule has 2 fully saturated rings. The highest BCUT2D eigenvalue weighted by Gasteiger charge is 2.63. The van der Waals surface area contributed by atoms with Crippen LogP contribution >= 0.6 is 0 Å². The zero-order valence-corrected chi connectivity index (χ0v) is 10.5. The second-order valence-corrected chi connectivity index (χ2v) is 6.56. The third kappa shape index (κ3) is 1.38. The molecule has 0 aromatic rings. The first-order valence-corrected chi connectivity index (χ1v) is 6.13. The van der Waals surface area contributed by atoms with Crippen LogP contribution in [0.4, 0.5) is 0 Å². The van der Waals surface area contributed by atoms with Crippen molar-refractivity contribution in [3.05, 3.63) is 0 Å². The maximum atomic E-state index is 9.23. The van der Waals surface area contributed by atoms with Crippen molar-refractivity contribution in [1.29, 1.82) is 0 Å². The molecule has 0 unspecified atom stereocenters. The van der Waals surface area contributed by atoms with E-state index in [0.29, 0.717) is 0 Å². The fraction of sp³-hybridized carbons (Fsp3) is 1.00. The molecule has 0 bridgehead atoms. The largest absolute Gasteiger partial charge is 0.394 e. The second kappa shape index (κ2) is 3.21. The summed E-state index contributed by atoms with van der Waals surface area (Å²) >= 11 is 0. The number of hydrogen-bond donors (Lipinski definition) is 1. The number of hydrogen-bond acceptors (Lipinski definition) is 2. The molecule has 0 radical (unpaired) electrons. The van der Waals surface area contributed by atoms with Crippen LogP contribution in [0.3, 0.4) is 0 Å². The molecule has 1 saturated heterocycles. The van der Waals surface area contributed by atoms with Gasteiger partial charge in [-0.2, -0.15) is 0 Å². The lowest BCUT2D eigenvalue weighted by Gasteiger charge is -2.46. The van der Waals surface area contributed by atoms with Gasteiger partial charge in [0.15, 0.2) is 0 Å². The zero-order chi connectivity index (χ0) is 11.3. The lowest BCUT2D eigenvalue weighted by molar-refractivity contribution is -0.156. The third-order valence-corrected chi connectivity index (χ3v) is 4.95. The molecule has 15 heavy (non-hydrogen) atoms. The van der Waals surface area contributed by atoms with Crippen molar-refractivity contribution in [2.45, 2.75) is 65.1 Å². The summed E-state index contributed by atoms with van der Waals surface area (Å²) in [6, 6.07) is 0. The Bertz CT molecular complexity index is 239. The summed E-state index contributed by atoms with van der Waals surface area (Å²) in [6.07, 6.45) is 4.67. The van der Waals surface area contributed by atoms with Crippen molar-refractivity contribution in [3.63, 3.8) is 0 Å². The summed E-state index contributed by atoms with van der Waals surface area (Å²) in [6.45, 7) is 9.46. The van der Waals surface area contributed by atoms with Crippen molar-refractivity contribution < 1.29 is 9.84 Å². The molecule has 88 valence electrons. The lowest BCUT2D eigenvalue weighted by atomic mass is 9.66. The van der Waals surface area contributed by atoms with Crippen molar-refractivity contribution in [1.82, 2.24) is 0 Å². The van der Waals surface area contributed by atoms with Crippen LogP contribution in [0.1, 0.15) is 53.4 Å². The van der Waals surface area contributed by atoms with Crippen LogP contribution in [-0.4, -0.2) is 23.4 Å². The quantitative estimate of drug-likeness (QED) is 0.724. The molecule has 1 saturated carbocycles. The summed E-state index contributed by atoms with van der Waals surface area (Å²) in [5.74, 6) is 0. The van der Waals surface area contributed by atoms with Crippen LogP contribution in [0.25, 0.3) is 0 Å². The van der Waals surface area contributed by atoms with Crippen LogP contribution in [0.5, 0.6) is 0 Å². The van der Waals surface area contributed by atoms with Gasteiger partial charge in [0.05, 0.1) is 18.3 Å². The normalized spacial score (nSPS) is 36.2. The summed E-state index contributed by atoms with van der Waals surface area (Å²) in [5, 5.41) is 9.23. The van der Waals surface area contributed by atoms with Crippen molar-refractivity contribution >= 4 is 0 Å². The van der Waals surface area contributed by atoms with E-state index in [1.54, 1.807) is 0 Å². The highest BCUT2D eigenvalue weighted by atomic mass is 16.5. The van der Waals surface area contributed by atoms with E-state index in [1.807, 2.05) is 0 Å². The monoisotopic (exact) mass is 212 g/mol. The summed E-state index contributed by atoms with van der Waals surface area (Å²) in [4.78, 5) is 0. The SMILES string of the molecule is CC1(C)CCC(C)(C)C12CC[C@@H](CO)O2. The Kier molecular flexibility index (Phi) is 2.44. The predicted octanol–water partition coefficient (Wildman–Crippen LogP) is 2.74. The number of ether oxygens (including phenoxy) is 1. The molecule has 0 amide bonds. The second-order valence-electron chi connectivity index (χ2n) is 6.56. The van der Waals surface area contributed by atoms with Gasteiger partial charge in [0.25, 0.3) is 0 Å². The van der Waals surface area contributed by atoms with E-state index >= 15 is 0 Å². The minimum Gasteiger partial charge on any atom is -0.394 e. The Morgan fingerprint density at radius 2 is 1.60 bits per heavy atom. The van der Waals surface area contributed by atoms with E-state index in [-0.39, 0.29) is 29.1 Å². The molecule has 1 atom stereocenters. The first-order valence-electron chi connectivity index (χ1n) is 6.13. The smallest absolute Gasteiger partial charge is 0.0814 e. The van der Waals surface area contributed by atoms with E-state index in [4.69, 9.17) is 4.74 Å². The van der Waals surface area contributed by atoms with Gasteiger partial charge in [0.1, 0.15) is 0 Å². The minimum atomic E-state index is -0.00655. The Morgan fingerprint density at radius 1 is 1.07 bits per heavy atom. The van der Waals surface area contributed by atoms with Gasteiger partial charge < -0.3 is 9.84 Å². The lowest BCUT2D eigenvalue weighted by Crippen LogP contribution is -2.49. The summed E-state index contributed by atoms with van der Waals surface area (Å²) in [5.41, 5.74) is 0.494. The van der Waals surface area contributed by atoms with Gasteiger partial charge in [0.2, 0.25) is 0 Å². The molecule has 2 heteroatoms. The minimum absolute atomic E-state index is 0.00655. The fourth-order valence-corrected chi connectivity index (χ4v) is 3.84. The Labute approximate surface area is 93.0 Å². The maximum absolute atomic E-state index is 9.23. The van der Waals surface area contributed by atoms with Gasteiger partial charge in [-0.05, 0) is 36.5 Å². The topological polar surface area (TPSA) is 29.5 Å². The van der Waals surface area contributed by atoms with Crippen molar-refractivity contribution in [2.24, 2.45) is 10.8 Å². The van der Waals surface area contributed by atoms with Crippen LogP contribution in [0, 0.1) is 10.8 Å². The molecule has 2 nitrogen and oxygen atoms in total. The van der Waals surface area contributed by atoms with Crippen LogP contribution < -0.4 is 0 Å². The number of aliphatic hydroxyl groups is 1. The molecular weight excluding hydrogens is 188 g/mol. The highest BCUT2D eigenvalue weighted by Crippen LogP contribution is 2.63. The van der Waals surface area contributed by atoms with Crippen molar-refractivity contribution in [2.75, 3.05) is 6.61 Å². The molecule has 0 aromatic heterocycles. The molecule has 1 spiro atoms. The van der Waals surface area contributed by atoms with Gasteiger partial charge in [-0.25, -0.2) is 0 Å². The maximum Gasteiger partial charge on any atom is 0.0814 e. The van der Waals surface area contributed by atoms with E-state index in [1.165, 1.54) is 12.8 Å². The van der Waals surface area contributed by atoms with Gasteiger partial charge >= 0.3 is 0 Å². The molecular formula is C13H24O2. The third-order valence-electron chi connectivity index (χ3n) is 4.95. The fourth-order valence-electron chi connectivity index (χ4n) is 3.84. The highest BCUT2D eigenvalue weighted by molar-refractivity contribution is 5.12. The predicted molar refractivity (Wildman–Crippen MR) is 60.7 cm³/mol. The molecule has 0 aromatic carbocycles. The molecule has 2 aliphatic rings. The average molecular weight is 212 g/mol. The number of rotatable bonds is 1. The molecule has 1 aliphatic carbocycles. The van der Waals surface area contributed by atoms with Crippen LogP contribution in [-0.2, 0) is 4.74 Å². The van der Waals surface area contributed by atoms with Crippen LogP contribution in [0.2, 0.25) is 0 Å². The Balaban J connectivity index is 2.32. The standard InChI is InChI=1S/C13H24O2/c1-11(2)7-8-12(3,4)13(11)6-5-10(9-14)15-13/h10,14H,5-9H2,1-4H3/t10-/m0/s1. The zero-order valence-electron chi connectivity index (χ0n) is 10.5. The molecule has 1 aliphatic heterocycles. The van der Waals surface area contributed by atoms with Crippen molar-refractivity contribution in [3.8, 4) is 0 Å². The van der Waals surface area contributed by atoms with Gasteiger partial charge in [-0.15, -0.1) is 0 Å².